The van der Waals surface area contributed by atoms with E-state index in [9.17, 15) is 4.79 Å². The number of rotatable bonds is 4. The lowest BCUT2D eigenvalue weighted by Crippen LogP contribution is -2.35. The summed E-state index contributed by atoms with van der Waals surface area (Å²) in [7, 11) is 1.71. The standard InChI is InChI=1S/C19H23N7O/c1-24-19(27)26(16-7-3-2-4-8-16)17(23-24)15-6-5-9-25(13-15)12-14-10-21-18(20)22-11-14/h2-4,7-8,10-11,15H,5-6,9,12-13H2,1H3,(H2,20,21,22)/t15-/m0/s1. The molecular weight excluding hydrogens is 342 g/mol. The highest BCUT2D eigenvalue weighted by atomic mass is 16.2. The fourth-order valence-electron chi connectivity index (χ4n) is 3.68. The van der Waals surface area contributed by atoms with Crippen LogP contribution in [-0.4, -0.2) is 42.3 Å². The molecule has 27 heavy (non-hydrogen) atoms. The summed E-state index contributed by atoms with van der Waals surface area (Å²) in [5.41, 5.74) is 7.35. The van der Waals surface area contributed by atoms with E-state index >= 15 is 0 Å². The molecule has 3 aromatic rings. The molecule has 3 heterocycles. The molecule has 2 aromatic heterocycles. The molecule has 1 aliphatic heterocycles. The largest absolute Gasteiger partial charge is 0.368 e. The van der Waals surface area contributed by atoms with Crippen molar-refractivity contribution >= 4 is 5.95 Å². The number of likely N-dealkylation sites (tertiary alicyclic amines) is 1. The second-order valence-electron chi connectivity index (χ2n) is 6.96. The highest BCUT2D eigenvalue weighted by Gasteiger charge is 2.27. The summed E-state index contributed by atoms with van der Waals surface area (Å²) >= 11 is 0. The van der Waals surface area contributed by atoms with Crippen molar-refractivity contribution in [3.63, 3.8) is 0 Å². The summed E-state index contributed by atoms with van der Waals surface area (Å²) in [6.45, 7) is 2.61. The van der Waals surface area contributed by atoms with Gasteiger partial charge in [-0.15, -0.1) is 0 Å². The zero-order valence-electron chi connectivity index (χ0n) is 15.3. The molecule has 0 radical (unpaired) electrons. The maximum atomic E-state index is 12.7. The van der Waals surface area contributed by atoms with Gasteiger partial charge < -0.3 is 5.73 Å². The fraction of sp³-hybridized carbons (Fsp3) is 0.368. The Balaban J connectivity index is 1.59. The fourth-order valence-corrected chi connectivity index (χ4v) is 3.68. The average molecular weight is 365 g/mol. The van der Waals surface area contributed by atoms with Crippen LogP contribution in [0.1, 0.15) is 30.1 Å². The number of benzene rings is 1. The molecule has 1 aromatic carbocycles. The third-order valence-corrected chi connectivity index (χ3v) is 4.97. The molecule has 0 spiro atoms. The number of nitrogens with two attached hydrogens (primary N) is 1. The second-order valence-corrected chi connectivity index (χ2v) is 6.96. The van der Waals surface area contributed by atoms with Crippen LogP contribution < -0.4 is 11.4 Å². The van der Waals surface area contributed by atoms with Crippen molar-refractivity contribution in [1.82, 2.24) is 29.2 Å². The maximum Gasteiger partial charge on any atom is 0.350 e. The van der Waals surface area contributed by atoms with E-state index in [1.54, 1.807) is 24.0 Å². The summed E-state index contributed by atoms with van der Waals surface area (Å²) in [6, 6.07) is 9.71. The van der Waals surface area contributed by atoms with E-state index in [4.69, 9.17) is 5.73 Å². The minimum absolute atomic E-state index is 0.111. The normalized spacial score (nSPS) is 17.9. The Morgan fingerprint density at radius 1 is 1.19 bits per heavy atom. The van der Waals surface area contributed by atoms with E-state index in [0.717, 1.165) is 49.6 Å². The quantitative estimate of drug-likeness (QED) is 0.749. The maximum absolute atomic E-state index is 12.7. The molecule has 1 saturated heterocycles. The van der Waals surface area contributed by atoms with Crippen LogP contribution in [0, 0.1) is 0 Å². The molecule has 0 amide bonds. The third kappa shape index (κ3) is 3.61. The number of aryl methyl sites for hydroxylation is 1. The van der Waals surface area contributed by atoms with Crippen molar-refractivity contribution < 1.29 is 0 Å². The van der Waals surface area contributed by atoms with Crippen molar-refractivity contribution in [2.24, 2.45) is 7.05 Å². The Bertz CT molecular complexity index is 962. The Morgan fingerprint density at radius 2 is 1.93 bits per heavy atom. The zero-order chi connectivity index (χ0) is 18.8. The van der Waals surface area contributed by atoms with Gasteiger partial charge in [0.25, 0.3) is 0 Å². The smallest absolute Gasteiger partial charge is 0.350 e. The molecule has 0 unspecified atom stereocenters. The van der Waals surface area contributed by atoms with Crippen LogP contribution in [0.15, 0.2) is 47.5 Å². The number of aromatic nitrogens is 5. The van der Waals surface area contributed by atoms with Crippen LogP contribution in [0.3, 0.4) is 0 Å². The molecular formula is C19H23N7O. The Morgan fingerprint density at radius 3 is 2.67 bits per heavy atom. The lowest BCUT2D eigenvalue weighted by molar-refractivity contribution is 0.195. The highest BCUT2D eigenvalue weighted by molar-refractivity contribution is 5.33. The summed E-state index contributed by atoms with van der Waals surface area (Å²) in [4.78, 5) is 23.2. The first kappa shape index (κ1) is 17.4. The van der Waals surface area contributed by atoms with Crippen LogP contribution in [0.5, 0.6) is 0 Å². The lowest BCUT2D eigenvalue weighted by Gasteiger charge is -2.32. The van der Waals surface area contributed by atoms with Gasteiger partial charge in [-0.25, -0.2) is 24.0 Å². The molecule has 0 bridgehead atoms. The predicted molar refractivity (Wildman–Crippen MR) is 103 cm³/mol. The van der Waals surface area contributed by atoms with E-state index in [1.165, 1.54) is 4.68 Å². The van der Waals surface area contributed by atoms with Gasteiger partial charge >= 0.3 is 5.69 Å². The van der Waals surface area contributed by atoms with E-state index in [-0.39, 0.29) is 17.6 Å². The number of nitrogens with zero attached hydrogens (tertiary/aromatic N) is 6. The average Bonchev–Trinajstić information content (AvgIpc) is 2.99. The van der Waals surface area contributed by atoms with Gasteiger partial charge in [0.05, 0.1) is 5.69 Å². The van der Waals surface area contributed by atoms with Gasteiger partial charge in [-0.3, -0.25) is 4.90 Å². The molecule has 0 aliphatic carbocycles. The van der Waals surface area contributed by atoms with Crippen LogP contribution in [0.2, 0.25) is 0 Å². The number of para-hydroxylation sites is 1. The van der Waals surface area contributed by atoms with Crippen LogP contribution in [0.4, 0.5) is 5.95 Å². The molecule has 8 nitrogen and oxygen atoms in total. The molecule has 1 atom stereocenters. The topological polar surface area (TPSA) is 94.9 Å². The van der Waals surface area contributed by atoms with Crippen molar-refractivity contribution in [2.45, 2.75) is 25.3 Å². The monoisotopic (exact) mass is 365 g/mol. The van der Waals surface area contributed by atoms with Crippen LogP contribution >= 0.6 is 0 Å². The lowest BCUT2D eigenvalue weighted by atomic mass is 9.96. The Labute approximate surface area is 157 Å². The summed E-state index contributed by atoms with van der Waals surface area (Å²) < 4.78 is 3.16. The molecule has 0 saturated carbocycles. The van der Waals surface area contributed by atoms with Gasteiger partial charge in [-0.05, 0) is 31.5 Å². The number of piperidine rings is 1. The molecule has 1 fully saturated rings. The Kier molecular flexibility index (Phi) is 4.72. The third-order valence-electron chi connectivity index (χ3n) is 4.97. The second kappa shape index (κ2) is 7.32. The molecule has 2 N–H and O–H groups in total. The SMILES string of the molecule is Cn1nc([C@H]2CCCN(Cc3cnc(N)nc3)C2)n(-c2ccccc2)c1=O. The predicted octanol–water partition coefficient (Wildman–Crippen LogP) is 1.32. The molecule has 140 valence electrons. The van der Waals surface area contributed by atoms with Crippen molar-refractivity contribution in [1.29, 1.82) is 0 Å². The molecule has 8 heteroatoms. The minimum Gasteiger partial charge on any atom is -0.368 e. The first-order chi connectivity index (χ1) is 13.1. The van der Waals surface area contributed by atoms with Gasteiger partial charge in [0.15, 0.2) is 0 Å². The van der Waals surface area contributed by atoms with Gasteiger partial charge in [0.2, 0.25) is 5.95 Å². The van der Waals surface area contributed by atoms with E-state index in [0.29, 0.717) is 0 Å². The first-order valence-corrected chi connectivity index (χ1v) is 9.12. The number of hydrogen-bond acceptors (Lipinski definition) is 6. The number of hydrogen-bond donors (Lipinski definition) is 1. The zero-order valence-corrected chi connectivity index (χ0v) is 15.3. The van der Waals surface area contributed by atoms with Crippen molar-refractivity contribution in [3.8, 4) is 5.69 Å². The Hall–Kier alpha value is -3.00. The number of anilines is 1. The van der Waals surface area contributed by atoms with Crippen LogP contribution in [0.25, 0.3) is 5.69 Å². The van der Waals surface area contributed by atoms with Gasteiger partial charge in [0, 0.05) is 44.0 Å². The van der Waals surface area contributed by atoms with Gasteiger partial charge in [-0.1, -0.05) is 18.2 Å². The molecule has 4 rings (SSSR count). The van der Waals surface area contributed by atoms with Crippen LogP contribution in [-0.2, 0) is 13.6 Å². The summed E-state index contributed by atoms with van der Waals surface area (Å²) in [5, 5.41) is 4.56. The van der Waals surface area contributed by atoms with Gasteiger partial charge in [-0.2, -0.15) is 5.10 Å². The summed E-state index contributed by atoms with van der Waals surface area (Å²) in [6.07, 6.45) is 5.61. The van der Waals surface area contributed by atoms with Crippen molar-refractivity contribution in [2.75, 3.05) is 18.8 Å². The highest BCUT2D eigenvalue weighted by Crippen LogP contribution is 2.27. The van der Waals surface area contributed by atoms with Gasteiger partial charge in [0.1, 0.15) is 5.82 Å². The van der Waals surface area contributed by atoms with E-state index < -0.39 is 0 Å². The van der Waals surface area contributed by atoms with E-state index in [2.05, 4.69) is 20.0 Å². The molecule has 1 aliphatic rings. The first-order valence-electron chi connectivity index (χ1n) is 9.12. The van der Waals surface area contributed by atoms with Crippen molar-refractivity contribution in [3.05, 3.63) is 64.6 Å². The van der Waals surface area contributed by atoms with E-state index in [1.807, 2.05) is 30.3 Å². The minimum atomic E-state index is -0.111. The number of nitrogen functional groups attached to an aromatic ring is 1. The summed E-state index contributed by atoms with van der Waals surface area (Å²) in [5.74, 6) is 1.31.